The minimum absolute atomic E-state index is 0.211. The highest BCUT2D eigenvalue weighted by Gasteiger charge is 2.12. The Kier molecular flexibility index (Phi) is 4.81. The van der Waals surface area contributed by atoms with Gasteiger partial charge in [-0.3, -0.25) is 9.78 Å². The Morgan fingerprint density at radius 3 is 3.00 bits per heavy atom. The van der Waals surface area contributed by atoms with E-state index < -0.39 is 0 Å². The van der Waals surface area contributed by atoms with E-state index in [1.807, 2.05) is 18.2 Å². The molecule has 19 heavy (non-hydrogen) atoms. The van der Waals surface area contributed by atoms with Crippen molar-refractivity contribution < 1.29 is 14.3 Å². The van der Waals surface area contributed by atoms with Crippen LogP contribution in [0.25, 0.3) is 10.9 Å². The molecule has 0 radical (unpaired) electrons. The third kappa shape index (κ3) is 3.48. The molecule has 0 aliphatic rings. The molecule has 0 saturated heterocycles. The molecule has 0 amide bonds. The van der Waals surface area contributed by atoms with Crippen molar-refractivity contribution in [3.05, 3.63) is 33.0 Å². The predicted molar refractivity (Wildman–Crippen MR) is 81.6 cm³/mol. The van der Waals surface area contributed by atoms with E-state index in [0.717, 1.165) is 8.96 Å². The third-order valence-corrected chi connectivity index (χ3v) is 3.50. The molecule has 0 unspecified atom stereocenters. The summed E-state index contributed by atoms with van der Waals surface area (Å²) in [5.74, 6) is 0.338. The first kappa shape index (κ1) is 14.3. The van der Waals surface area contributed by atoms with Gasteiger partial charge < -0.3 is 9.47 Å². The van der Waals surface area contributed by atoms with Crippen LogP contribution in [0.4, 0.5) is 0 Å². The lowest BCUT2D eigenvalue weighted by Crippen LogP contribution is -2.10. The summed E-state index contributed by atoms with van der Waals surface area (Å²) in [7, 11) is 0. The van der Waals surface area contributed by atoms with Gasteiger partial charge in [-0.15, -0.1) is 0 Å². The first-order valence-corrected chi connectivity index (χ1v) is 7.04. The molecule has 2 aromatic rings. The Morgan fingerprint density at radius 1 is 1.47 bits per heavy atom. The van der Waals surface area contributed by atoms with Crippen molar-refractivity contribution in [2.45, 2.75) is 6.92 Å². The van der Waals surface area contributed by atoms with Crippen LogP contribution in [-0.2, 0) is 9.53 Å². The molecule has 0 aliphatic heterocycles. The van der Waals surface area contributed by atoms with Crippen LogP contribution in [0.5, 0.6) is 5.75 Å². The van der Waals surface area contributed by atoms with E-state index in [4.69, 9.17) is 21.1 Å². The average Bonchev–Trinajstić information content (AvgIpc) is 2.37. The van der Waals surface area contributed by atoms with Crippen LogP contribution in [0.1, 0.15) is 6.92 Å². The molecule has 100 valence electrons. The van der Waals surface area contributed by atoms with Crippen molar-refractivity contribution in [3.63, 3.8) is 0 Å². The quantitative estimate of drug-likeness (QED) is 0.455. The summed E-state index contributed by atoms with van der Waals surface area (Å²) in [5, 5.41) is 1.48. The number of carbonyl (C=O) groups is 1. The van der Waals surface area contributed by atoms with Crippen LogP contribution in [0.3, 0.4) is 0 Å². The van der Waals surface area contributed by atoms with Gasteiger partial charge >= 0.3 is 5.97 Å². The Labute approximate surface area is 129 Å². The molecule has 0 atom stereocenters. The van der Waals surface area contributed by atoms with Crippen LogP contribution in [0.15, 0.2) is 24.4 Å². The number of halogens is 2. The van der Waals surface area contributed by atoms with Gasteiger partial charge in [0.05, 0.1) is 8.59 Å². The van der Waals surface area contributed by atoms with E-state index in [0.29, 0.717) is 16.3 Å². The van der Waals surface area contributed by atoms with Gasteiger partial charge in [0.15, 0.2) is 5.75 Å². The van der Waals surface area contributed by atoms with Gasteiger partial charge in [0, 0.05) is 18.5 Å². The molecule has 6 heteroatoms. The molecule has 0 saturated carbocycles. The van der Waals surface area contributed by atoms with Gasteiger partial charge in [0.2, 0.25) is 0 Å². The first-order chi connectivity index (χ1) is 9.09. The maximum Gasteiger partial charge on any atom is 0.302 e. The number of ether oxygens (including phenoxy) is 2. The van der Waals surface area contributed by atoms with E-state index in [-0.39, 0.29) is 19.2 Å². The number of hydrogen-bond acceptors (Lipinski definition) is 4. The van der Waals surface area contributed by atoms with Gasteiger partial charge in [-0.05, 0) is 40.8 Å². The lowest BCUT2D eigenvalue weighted by atomic mass is 10.2. The highest BCUT2D eigenvalue weighted by atomic mass is 127. The van der Waals surface area contributed by atoms with Crippen LogP contribution < -0.4 is 4.74 Å². The Hall–Kier alpha value is -1.08. The molecule has 1 aromatic carbocycles. The van der Waals surface area contributed by atoms with Gasteiger partial charge in [0.25, 0.3) is 0 Å². The zero-order valence-corrected chi connectivity index (χ0v) is 13.1. The molecule has 2 rings (SSSR count). The fourth-order valence-electron chi connectivity index (χ4n) is 1.61. The van der Waals surface area contributed by atoms with E-state index in [9.17, 15) is 4.79 Å². The number of nitrogens with zero attached hydrogens (tertiary/aromatic N) is 1. The first-order valence-electron chi connectivity index (χ1n) is 5.58. The zero-order chi connectivity index (χ0) is 13.8. The fourth-order valence-corrected chi connectivity index (χ4v) is 2.78. The monoisotopic (exact) mass is 391 g/mol. The summed E-state index contributed by atoms with van der Waals surface area (Å²) in [4.78, 5) is 15.0. The van der Waals surface area contributed by atoms with Crippen molar-refractivity contribution in [2.24, 2.45) is 0 Å². The molecule has 0 fully saturated rings. The Bertz CT molecular complexity index is 618. The second-order valence-corrected chi connectivity index (χ2v) is 5.33. The normalized spacial score (nSPS) is 10.5. The van der Waals surface area contributed by atoms with E-state index in [1.165, 1.54) is 6.92 Å². The molecular weight excluding hydrogens is 381 g/mol. The summed E-state index contributed by atoms with van der Waals surface area (Å²) in [6, 6.07) is 5.54. The van der Waals surface area contributed by atoms with Gasteiger partial charge in [-0.2, -0.15) is 0 Å². The SMILES string of the molecule is CC(=O)OCCOc1c(I)cc(Cl)c2cccnc12. The van der Waals surface area contributed by atoms with Crippen molar-refractivity contribution in [1.82, 2.24) is 4.98 Å². The molecule has 0 aliphatic carbocycles. The maximum atomic E-state index is 10.7. The van der Waals surface area contributed by atoms with E-state index in [1.54, 1.807) is 6.20 Å². The molecule has 0 N–H and O–H groups in total. The second kappa shape index (κ2) is 6.38. The number of rotatable bonds is 4. The van der Waals surface area contributed by atoms with Crippen molar-refractivity contribution in [2.75, 3.05) is 13.2 Å². The summed E-state index contributed by atoms with van der Waals surface area (Å²) in [6.07, 6.45) is 1.69. The molecule has 0 bridgehead atoms. The topological polar surface area (TPSA) is 48.4 Å². The van der Waals surface area contributed by atoms with Crippen molar-refractivity contribution in [1.29, 1.82) is 0 Å². The summed E-state index contributed by atoms with van der Waals surface area (Å²) in [5.41, 5.74) is 0.710. The van der Waals surface area contributed by atoms with Crippen LogP contribution in [0, 0.1) is 3.57 Å². The molecule has 1 aromatic heterocycles. The van der Waals surface area contributed by atoms with Crippen LogP contribution in [0.2, 0.25) is 5.02 Å². The summed E-state index contributed by atoms with van der Waals surface area (Å²) in [6.45, 7) is 1.86. The Balaban J connectivity index is 2.24. The van der Waals surface area contributed by atoms with Crippen LogP contribution >= 0.6 is 34.2 Å². The number of aromatic nitrogens is 1. The minimum Gasteiger partial charge on any atom is -0.487 e. The van der Waals surface area contributed by atoms with Gasteiger partial charge in [0.1, 0.15) is 18.7 Å². The lowest BCUT2D eigenvalue weighted by molar-refractivity contribution is -0.141. The standard InChI is InChI=1S/C13H11ClINO3/c1-8(17)18-5-6-19-13-11(15)7-10(14)9-3-2-4-16-12(9)13/h2-4,7H,5-6H2,1H3. The van der Waals surface area contributed by atoms with Crippen LogP contribution in [-0.4, -0.2) is 24.2 Å². The number of benzene rings is 1. The summed E-state index contributed by atoms with van der Waals surface area (Å²) >= 11 is 8.31. The largest absolute Gasteiger partial charge is 0.487 e. The molecule has 4 nitrogen and oxygen atoms in total. The number of pyridine rings is 1. The molecule has 1 heterocycles. The number of hydrogen-bond donors (Lipinski definition) is 0. The third-order valence-electron chi connectivity index (χ3n) is 2.39. The Morgan fingerprint density at radius 2 is 2.26 bits per heavy atom. The average molecular weight is 392 g/mol. The van der Waals surface area contributed by atoms with Crippen molar-refractivity contribution in [3.8, 4) is 5.75 Å². The highest BCUT2D eigenvalue weighted by molar-refractivity contribution is 14.1. The van der Waals surface area contributed by atoms with E-state index >= 15 is 0 Å². The second-order valence-electron chi connectivity index (χ2n) is 3.76. The molecule has 0 spiro atoms. The molecular formula is C13H11ClINO3. The van der Waals surface area contributed by atoms with Gasteiger partial charge in [-0.25, -0.2) is 0 Å². The predicted octanol–water partition coefficient (Wildman–Crippen LogP) is 3.43. The van der Waals surface area contributed by atoms with E-state index in [2.05, 4.69) is 27.6 Å². The highest BCUT2D eigenvalue weighted by Crippen LogP contribution is 2.34. The number of fused-ring (bicyclic) bond motifs is 1. The van der Waals surface area contributed by atoms with Gasteiger partial charge in [-0.1, -0.05) is 11.6 Å². The number of esters is 1. The number of carbonyl (C=O) groups excluding carboxylic acids is 1. The minimum atomic E-state index is -0.322. The summed E-state index contributed by atoms with van der Waals surface area (Å²) < 4.78 is 11.3. The zero-order valence-electron chi connectivity index (χ0n) is 10.2. The van der Waals surface area contributed by atoms with Crippen molar-refractivity contribution >= 4 is 51.1 Å². The fraction of sp³-hybridized carbons (Fsp3) is 0.231. The lowest BCUT2D eigenvalue weighted by Gasteiger charge is -2.11. The maximum absolute atomic E-state index is 10.7. The smallest absolute Gasteiger partial charge is 0.302 e.